The average molecular weight is 155 g/mol. The van der Waals surface area contributed by atoms with Crippen molar-refractivity contribution >= 4 is 0 Å². The number of nitrogens with one attached hydrogen (secondary N) is 1. The Morgan fingerprint density at radius 2 is 2.09 bits per heavy atom. The van der Waals surface area contributed by atoms with Gasteiger partial charge in [0.2, 0.25) is 0 Å². The molecule has 0 aromatic heterocycles. The fourth-order valence-corrected chi connectivity index (χ4v) is 1.21. The lowest BCUT2D eigenvalue weighted by Gasteiger charge is -2.13. The van der Waals surface area contributed by atoms with Gasteiger partial charge in [-0.3, -0.25) is 0 Å². The first kappa shape index (κ1) is 10.5. The van der Waals surface area contributed by atoms with Gasteiger partial charge in [0.1, 0.15) is 0 Å². The second-order valence-electron chi connectivity index (χ2n) is 2.97. The summed E-state index contributed by atoms with van der Waals surface area (Å²) in [6.45, 7) is 8.12. The molecular formula is C10H21N. The van der Waals surface area contributed by atoms with Gasteiger partial charge >= 0.3 is 0 Å². The van der Waals surface area contributed by atoms with Crippen LogP contribution in [0.2, 0.25) is 0 Å². The Hall–Kier alpha value is -0.460. The maximum atomic E-state index is 3.67. The molecule has 0 aromatic carbocycles. The standard InChI is InChI=1S/C10H21N/c1-4-7-8-9-10(5-2)11-6-3/h6,10-11H,3-5,7-9H2,1-2H3. The van der Waals surface area contributed by atoms with Crippen LogP contribution in [0.5, 0.6) is 0 Å². The first-order chi connectivity index (χ1) is 5.35. The second-order valence-corrected chi connectivity index (χ2v) is 2.97. The minimum absolute atomic E-state index is 0.652. The third-order valence-electron chi connectivity index (χ3n) is 2.00. The average Bonchev–Trinajstić information content (AvgIpc) is 2.03. The lowest BCUT2D eigenvalue weighted by molar-refractivity contribution is 0.496. The summed E-state index contributed by atoms with van der Waals surface area (Å²) in [5.41, 5.74) is 0. The summed E-state index contributed by atoms with van der Waals surface area (Å²) < 4.78 is 0. The third-order valence-corrected chi connectivity index (χ3v) is 2.00. The zero-order chi connectivity index (χ0) is 8.53. The zero-order valence-electron chi connectivity index (χ0n) is 7.90. The van der Waals surface area contributed by atoms with Crippen LogP contribution in [0.1, 0.15) is 46.0 Å². The lowest BCUT2D eigenvalue weighted by Crippen LogP contribution is -2.22. The molecule has 0 aromatic rings. The molecule has 0 fully saturated rings. The topological polar surface area (TPSA) is 12.0 Å². The molecule has 0 spiro atoms. The van der Waals surface area contributed by atoms with E-state index in [9.17, 15) is 0 Å². The monoisotopic (exact) mass is 155 g/mol. The van der Waals surface area contributed by atoms with Crippen LogP contribution in [0.25, 0.3) is 0 Å². The van der Waals surface area contributed by atoms with E-state index in [4.69, 9.17) is 0 Å². The van der Waals surface area contributed by atoms with E-state index in [-0.39, 0.29) is 0 Å². The van der Waals surface area contributed by atoms with Gasteiger partial charge < -0.3 is 5.32 Å². The molecule has 0 bridgehead atoms. The minimum Gasteiger partial charge on any atom is -0.389 e. The fraction of sp³-hybridized carbons (Fsp3) is 0.800. The fourth-order valence-electron chi connectivity index (χ4n) is 1.21. The van der Waals surface area contributed by atoms with Crippen molar-refractivity contribution in [2.24, 2.45) is 0 Å². The molecule has 0 rings (SSSR count). The molecule has 0 saturated carbocycles. The van der Waals surface area contributed by atoms with Crippen molar-refractivity contribution in [2.75, 3.05) is 0 Å². The maximum Gasteiger partial charge on any atom is 0.0252 e. The Bertz CT molecular complexity index is 88.9. The molecule has 0 heterocycles. The van der Waals surface area contributed by atoms with Gasteiger partial charge in [0.25, 0.3) is 0 Å². The van der Waals surface area contributed by atoms with Gasteiger partial charge in [0.05, 0.1) is 0 Å². The Labute approximate surface area is 70.9 Å². The summed E-state index contributed by atoms with van der Waals surface area (Å²) in [4.78, 5) is 0. The van der Waals surface area contributed by atoms with Gasteiger partial charge in [-0.25, -0.2) is 0 Å². The molecule has 66 valence electrons. The largest absolute Gasteiger partial charge is 0.389 e. The van der Waals surface area contributed by atoms with E-state index in [1.165, 1.54) is 32.1 Å². The first-order valence-corrected chi connectivity index (χ1v) is 4.72. The normalized spacial score (nSPS) is 12.5. The van der Waals surface area contributed by atoms with Crippen molar-refractivity contribution in [3.05, 3.63) is 12.8 Å². The van der Waals surface area contributed by atoms with Crippen LogP contribution < -0.4 is 5.32 Å². The predicted octanol–water partition coefficient (Wildman–Crippen LogP) is 3.08. The van der Waals surface area contributed by atoms with E-state index in [0.29, 0.717) is 6.04 Å². The van der Waals surface area contributed by atoms with Crippen LogP contribution in [0.4, 0.5) is 0 Å². The van der Waals surface area contributed by atoms with Crippen molar-refractivity contribution in [1.29, 1.82) is 0 Å². The van der Waals surface area contributed by atoms with E-state index in [0.717, 1.165) is 0 Å². The van der Waals surface area contributed by atoms with Crippen molar-refractivity contribution in [3.63, 3.8) is 0 Å². The second kappa shape index (κ2) is 7.64. The van der Waals surface area contributed by atoms with E-state index < -0.39 is 0 Å². The van der Waals surface area contributed by atoms with Crippen LogP contribution >= 0.6 is 0 Å². The molecular weight excluding hydrogens is 134 g/mol. The van der Waals surface area contributed by atoms with Crippen molar-refractivity contribution in [2.45, 2.75) is 52.0 Å². The maximum absolute atomic E-state index is 3.67. The highest BCUT2D eigenvalue weighted by atomic mass is 14.9. The number of unbranched alkanes of at least 4 members (excludes halogenated alkanes) is 2. The summed E-state index contributed by atoms with van der Waals surface area (Å²) in [7, 11) is 0. The molecule has 1 atom stereocenters. The molecule has 11 heavy (non-hydrogen) atoms. The van der Waals surface area contributed by atoms with E-state index in [1.807, 2.05) is 0 Å². The number of rotatable bonds is 7. The van der Waals surface area contributed by atoms with Gasteiger partial charge in [-0.1, -0.05) is 39.7 Å². The third kappa shape index (κ3) is 5.96. The number of hydrogen-bond acceptors (Lipinski definition) is 1. The summed E-state index contributed by atoms with van der Waals surface area (Å²) in [6.07, 6.45) is 8.31. The van der Waals surface area contributed by atoms with Gasteiger partial charge in [-0.2, -0.15) is 0 Å². The highest BCUT2D eigenvalue weighted by Crippen LogP contribution is 2.05. The molecule has 0 aliphatic rings. The summed E-state index contributed by atoms with van der Waals surface area (Å²) in [6, 6.07) is 0.652. The zero-order valence-corrected chi connectivity index (χ0v) is 7.90. The molecule has 1 heteroatoms. The molecule has 0 aliphatic heterocycles. The highest BCUT2D eigenvalue weighted by Gasteiger charge is 2.00. The SMILES string of the molecule is C=CNC(CC)CCCCC. The number of hydrogen-bond donors (Lipinski definition) is 1. The summed E-state index contributed by atoms with van der Waals surface area (Å²) in [5.74, 6) is 0. The van der Waals surface area contributed by atoms with Crippen molar-refractivity contribution in [1.82, 2.24) is 5.32 Å². The van der Waals surface area contributed by atoms with Crippen molar-refractivity contribution < 1.29 is 0 Å². The van der Waals surface area contributed by atoms with E-state index >= 15 is 0 Å². The molecule has 0 aliphatic carbocycles. The molecule has 1 N–H and O–H groups in total. The van der Waals surface area contributed by atoms with E-state index in [1.54, 1.807) is 6.20 Å². The Morgan fingerprint density at radius 1 is 1.36 bits per heavy atom. The van der Waals surface area contributed by atoms with Gasteiger partial charge in [-0.05, 0) is 19.0 Å². The van der Waals surface area contributed by atoms with Gasteiger partial charge in [0.15, 0.2) is 0 Å². The molecule has 0 amide bonds. The molecule has 0 radical (unpaired) electrons. The highest BCUT2D eigenvalue weighted by molar-refractivity contribution is 4.72. The van der Waals surface area contributed by atoms with Gasteiger partial charge in [-0.15, -0.1) is 0 Å². The Balaban J connectivity index is 3.27. The summed E-state index contributed by atoms with van der Waals surface area (Å²) in [5, 5.41) is 3.26. The van der Waals surface area contributed by atoms with Gasteiger partial charge in [0, 0.05) is 6.04 Å². The van der Waals surface area contributed by atoms with E-state index in [2.05, 4.69) is 25.7 Å². The smallest absolute Gasteiger partial charge is 0.0252 e. The van der Waals surface area contributed by atoms with Crippen LogP contribution in [-0.2, 0) is 0 Å². The molecule has 0 saturated heterocycles. The van der Waals surface area contributed by atoms with Crippen LogP contribution in [0.3, 0.4) is 0 Å². The summed E-state index contributed by atoms with van der Waals surface area (Å²) >= 11 is 0. The lowest BCUT2D eigenvalue weighted by atomic mass is 10.1. The van der Waals surface area contributed by atoms with Crippen LogP contribution in [-0.4, -0.2) is 6.04 Å². The van der Waals surface area contributed by atoms with Crippen LogP contribution in [0, 0.1) is 0 Å². The quantitative estimate of drug-likeness (QED) is 0.557. The minimum atomic E-state index is 0.652. The van der Waals surface area contributed by atoms with Crippen molar-refractivity contribution in [3.8, 4) is 0 Å². The Kier molecular flexibility index (Phi) is 7.33. The molecule has 1 nitrogen and oxygen atoms in total. The van der Waals surface area contributed by atoms with Crippen LogP contribution in [0.15, 0.2) is 12.8 Å². The predicted molar refractivity (Wildman–Crippen MR) is 51.6 cm³/mol. The molecule has 1 unspecified atom stereocenters. The first-order valence-electron chi connectivity index (χ1n) is 4.72. The Morgan fingerprint density at radius 3 is 2.55 bits per heavy atom.